The van der Waals surface area contributed by atoms with Crippen molar-refractivity contribution in [1.82, 2.24) is 5.32 Å². The number of anilines is 1. The number of amides is 1. The lowest BCUT2D eigenvalue weighted by atomic mass is 9.97. The molecule has 1 atom stereocenters. The molecule has 0 radical (unpaired) electrons. The van der Waals surface area contributed by atoms with E-state index in [0.29, 0.717) is 31.0 Å². The summed E-state index contributed by atoms with van der Waals surface area (Å²) in [7, 11) is -3.29. The summed E-state index contributed by atoms with van der Waals surface area (Å²) in [5, 5.41) is 3.02. The standard InChI is InChI=1S/C15H22N2O3S/c1-11(2)10-15(18)16-13-8-9-17(21(3,19)20)14-7-5-4-6-12(13)14/h4-7,11,13H,8-10H2,1-3H3,(H,16,18). The van der Waals surface area contributed by atoms with Crippen LogP contribution in [0.5, 0.6) is 0 Å². The van der Waals surface area contributed by atoms with Gasteiger partial charge in [0.2, 0.25) is 15.9 Å². The predicted molar refractivity (Wildman–Crippen MR) is 83.6 cm³/mol. The van der Waals surface area contributed by atoms with E-state index >= 15 is 0 Å². The van der Waals surface area contributed by atoms with Crippen molar-refractivity contribution >= 4 is 21.6 Å². The van der Waals surface area contributed by atoms with E-state index in [0.717, 1.165) is 5.56 Å². The maximum absolute atomic E-state index is 12.0. The second kappa shape index (κ2) is 6.05. The van der Waals surface area contributed by atoms with Gasteiger partial charge in [0.15, 0.2) is 0 Å². The summed E-state index contributed by atoms with van der Waals surface area (Å²) >= 11 is 0. The number of carbonyl (C=O) groups excluding carboxylic acids is 1. The first kappa shape index (κ1) is 15.8. The zero-order chi connectivity index (χ0) is 15.6. The molecule has 6 heteroatoms. The second-order valence-corrected chi connectivity index (χ2v) is 7.81. The Hall–Kier alpha value is -1.56. The molecule has 0 aromatic heterocycles. The fourth-order valence-electron chi connectivity index (χ4n) is 2.65. The number of para-hydroxylation sites is 1. The third-order valence-electron chi connectivity index (χ3n) is 3.53. The van der Waals surface area contributed by atoms with Gasteiger partial charge in [-0.2, -0.15) is 0 Å². The molecule has 1 unspecified atom stereocenters. The molecule has 1 amide bonds. The highest BCUT2D eigenvalue weighted by Gasteiger charge is 2.30. The topological polar surface area (TPSA) is 66.5 Å². The number of nitrogens with zero attached hydrogens (tertiary/aromatic N) is 1. The molecule has 1 aromatic rings. The van der Waals surface area contributed by atoms with Gasteiger partial charge in [-0.05, 0) is 24.0 Å². The molecule has 1 heterocycles. The monoisotopic (exact) mass is 310 g/mol. The van der Waals surface area contributed by atoms with E-state index in [1.54, 1.807) is 6.07 Å². The molecule has 0 aliphatic carbocycles. The first-order valence-corrected chi connectivity index (χ1v) is 9.00. The minimum atomic E-state index is -3.29. The normalized spacial score (nSPS) is 18.5. The van der Waals surface area contributed by atoms with Gasteiger partial charge in [0.25, 0.3) is 0 Å². The molecular weight excluding hydrogens is 288 g/mol. The summed E-state index contributed by atoms with van der Waals surface area (Å²) in [5.74, 6) is 0.314. The number of hydrogen-bond acceptors (Lipinski definition) is 3. The van der Waals surface area contributed by atoms with Crippen molar-refractivity contribution in [3.8, 4) is 0 Å². The third kappa shape index (κ3) is 3.75. The quantitative estimate of drug-likeness (QED) is 0.925. The molecule has 2 rings (SSSR count). The van der Waals surface area contributed by atoms with Crippen molar-refractivity contribution in [1.29, 1.82) is 0 Å². The summed E-state index contributed by atoms with van der Waals surface area (Å²) in [5.41, 5.74) is 1.53. The smallest absolute Gasteiger partial charge is 0.232 e. The van der Waals surface area contributed by atoms with Crippen LogP contribution >= 0.6 is 0 Å². The third-order valence-corrected chi connectivity index (χ3v) is 4.71. The molecule has 5 nitrogen and oxygen atoms in total. The Morgan fingerprint density at radius 3 is 2.67 bits per heavy atom. The van der Waals surface area contributed by atoms with Gasteiger partial charge in [0.1, 0.15) is 0 Å². The number of rotatable bonds is 4. The molecule has 21 heavy (non-hydrogen) atoms. The Bertz CT molecular complexity index is 626. The van der Waals surface area contributed by atoms with Crippen molar-refractivity contribution < 1.29 is 13.2 Å². The first-order chi connectivity index (χ1) is 9.79. The zero-order valence-electron chi connectivity index (χ0n) is 12.7. The van der Waals surface area contributed by atoms with Gasteiger partial charge in [-0.1, -0.05) is 32.0 Å². The van der Waals surface area contributed by atoms with Crippen molar-refractivity contribution in [2.24, 2.45) is 5.92 Å². The Balaban J connectivity index is 2.26. The summed E-state index contributed by atoms with van der Waals surface area (Å²) in [6, 6.07) is 7.23. The van der Waals surface area contributed by atoms with Crippen LogP contribution in [0.3, 0.4) is 0 Å². The van der Waals surface area contributed by atoms with Gasteiger partial charge < -0.3 is 5.32 Å². The lowest BCUT2D eigenvalue weighted by molar-refractivity contribution is -0.122. The predicted octanol–water partition coefficient (Wildman–Crippen LogP) is 2.06. The van der Waals surface area contributed by atoms with E-state index in [-0.39, 0.29) is 11.9 Å². The number of hydrogen-bond donors (Lipinski definition) is 1. The van der Waals surface area contributed by atoms with Gasteiger partial charge in [0, 0.05) is 13.0 Å². The molecule has 1 aromatic carbocycles. The van der Waals surface area contributed by atoms with Gasteiger partial charge >= 0.3 is 0 Å². The lowest BCUT2D eigenvalue weighted by Gasteiger charge is -2.34. The van der Waals surface area contributed by atoms with Crippen LogP contribution in [0.1, 0.15) is 38.3 Å². The van der Waals surface area contributed by atoms with Crippen LogP contribution in [-0.4, -0.2) is 27.1 Å². The van der Waals surface area contributed by atoms with E-state index < -0.39 is 10.0 Å². The second-order valence-electron chi connectivity index (χ2n) is 5.90. The van der Waals surface area contributed by atoms with Crippen LogP contribution in [0.2, 0.25) is 0 Å². The Kier molecular flexibility index (Phi) is 4.56. The van der Waals surface area contributed by atoms with Gasteiger partial charge in [0.05, 0.1) is 18.0 Å². The molecule has 0 saturated heterocycles. The molecule has 0 saturated carbocycles. The van der Waals surface area contributed by atoms with E-state index in [9.17, 15) is 13.2 Å². The van der Waals surface area contributed by atoms with Crippen molar-refractivity contribution in [2.45, 2.75) is 32.7 Å². The molecule has 0 bridgehead atoms. The van der Waals surface area contributed by atoms with Crippen LogP contribution in [0.15, 0.2) is 24.3 Å². The van der Waals surface area contributed by atoms with Crippen molar-refractivity contribution in [3.05, 3.63) is 29.8 Å². The average molecular weight is 310 g/mol. The average Bonchev–Trinajstić information content (AvgIpc) is 2.36. The summed E-state index contributed by atoms with van der Waals surface area (Å²) < 4.78 is 25.1. The zero-order valence-corrected chi connectivity index (χ0v) is 13.5. The van der Waals surface area contributed by atoms with Gasteiger partial charge in [-0.15, -0.1) is 0 Å². The van der Waals surface area contributed by atoms with Crippen LogP contribution in [-0.2, 0) is 14.8 Å². The number of fused-ring (bicyclic) bond motifs is 1. The number of sulfonamides is 1. The number of nitrogens with one attached hydrogen (secondary N) is 1. The lowest BCUT2D eigenvalue weighted by Crippen LogP contribution is -2.40. The molecule has 1 N–H and O–H groups in total. The van der Waals surface area contributed by atoms with Crippen molar-refractivity contribution in [3.63, 3.8) is 0 Å². The molecular formula is C15H22N2O3S. The summed E-state index contributed by atoms with van der Waals surface area (Å²) in [4.78, 5) is 12.0. The Morgan fingerprint density at radius 2 is 2.05 bits per heavy atom. The summed E-state index contributed by atoms with van der Waals surface area (Å²) in [6.07, 6.45) is 2.28. The van der Waals surface area contributed by atoms with Gasteiger partial charge in [-0.3, -0.25) is 9.10 Å². The van der Waals surface area contributed by atoms with E-state index in [2.05, 4.69) is 5.32 Å². The van der Waals surface area contributed by atoms with Gasteiger partial charge in [-0.25, -0.2) is 8.42 Å². The maximum atomic E-state index is 12.0. The summed E-state index contributed by atoms with van der Waals surface area (Å²) in [6.45, 7) is 4.39. The first-order valence-electron chi connectivity index (χ1n) is 7.15. The fraction of sp³-hybridized carbons (Fsp3) is 0.533. The number of carbonyl (C=O) groups is 1. The Labute approximate surface area is 126 Å². The molecule has 1 aliphatic rings. The van der Waals surface area contributed by atoms with Crippen LogP contribution in [0.25, 0.3) is 0 Å². The molecule has 1 aliphatic heterocycles. The van der Waals surface area contributed by atoms with Crippen molar-refractivity contribution in [2.75, 3.05) is 17.1 Å². The highest BCUT2D eigenvalue weighted by atomic mass is 32.2. The minimum absolute atomic E-state index is 0.0117. The fourth-order valence-corrected chi connectivity index (χ4v) is 3.61. The molecule has 116 valence electrons. The van der Waals surface area contributed by atoms with E-state index in [1.807, 2.05) is 32.0 Å². The van der Waals surface area contributed by atoms with E-state index in [4.69, 9.17) is 0 Å². The van der Waals surface area contributed by atoms with E-state index in [1.165, 1.54) is 10.6 Å². The molecule has 0 fully saturated rings. The SMILES string of the molecule is CC(C)CC(=O)NC1CCN(S(C)(=O)=O)c2ccccc21. The Morgan fingerprint density at radius 1 is 1.38 bits per heavy atom. The van der Waals surface area contributed by atoms with Crippen LogP contribution < -0.4 is 9.62 Å². The number of benzene rings is 1. The highest BCUT2D eigenvalue weighted by Crippen LogP contribution is 2.35. The highest BCUT2D eigenvalue weighted by molar-refractivity contribution is 7.92. The minimum Gasteiger partial charge on any atom is -0.349 e. The van der Waals surface area contributed by atoms with Crippen LogP contribution in [0, 0.1) is 5.92 Å². The molecule has 0 spiro atoms. The largest absolute Gasteiger partial charge is 0.349 e. The maximum Gasteiger partial charge on any atom is 0.232 e. The van der Waals surface area contributed by atoms with Crippen LogP contribution in [0.4, 0.5) is 5.69 Å².